The number of aromatic nitrogens is 1. The number of carbonyl (C=O) groups excluding carboxylic acids is 1. The smallest absolute Gasteiger partial charge is 0.191 e. The van der Waals surface area contributed by atoms with Crippen molar-refractivity contribution in [3.8, 4) is 5.75 Å². The molecule has 1 heterocycles. The van der Waals surface area contributed by atoms with Crippen molar-refractivity contribution in [2.24, 2.45) is 0 Å². The van der Waals surface area contributed by atoms with Gasteiger partial charge in [0, 0.05) is 22.2 Å². The van der Waals surface area contributed by atoms with E-state index in [9.17, 15) is 14.3 Å². The molecule has 3 nitrogen and oxygen atoms in total. The Morgan fingerprint density at radius 1 is 1.09 bits per heavy atom. The van der Waals surface area contributed by atoms with Crippen molar-refractivity contribution in [3.05, 3.63) is 70.7 Å². The lowest BCUT2D eigenvalue weighted by molar-refractivity contribution is 0.102. The molecule has 2 aromatic carbocycles. The fraction of sp³-hybridized carbons (Fsp3) is 0.105. The summed E-state index contributed by atoms with van der Waals surface area (Å²) in [7, 11) is 0. The SMILES string of the molecule is O=C1/C(=C\c2ccc(O)cc2)CCc2[nH]c3ccc(F)cc3c21. The number of hydrogen-bond acceptors (Lipinski definition) is 2. The summed E-state index contributed by atoms with van der Waals surface area (Å²) in [6.07, 6.45) is 3.20. The van der Waals surface area contributed by atoms with Gasteiger partial charge in [0.25, 0.3) is 0 Å². The van der Waals surface area contributed by atoms with Gasteiger partial charge in [-0.3, -0.25) is 4.79 Å². The van der Waals surface area contributed by atoms with Crippen LogP contribution < -0.4 is 0 Å². The van der Waals surface area contributed by atoms with Crippen LogP contribution in [0, 0.1) is 5.82 Å². The summed E-state index contributed by atoms with van der Waals surface area (Å²) in [5, 5.41) is 9.97. The van der Waals surface area contributed by atoms with E-state index >= 15 is 0 Å². The molecule has 0 saturated heterocycles. The van der Waals surface area contributed by atoms with Gasteiger partial charge in [0.05, 0.1) is 5.56 Å². The van der Waals surface area contributed by atoms with E-state index in [1.54, 1.807) is 30.3 Å². The molecule has 3 aromatic rings. The van der Waals surface area contributed by atoms with E-state index in [4.69, 9.17) is 0 Å². The van der Waals surface area contributed by atoms with Gasteiger partial charge >= 0.3 is 0 Å². The Balaban J connectivity index is 1.81. The average molecular weight is 307 g/mol. The highest BCUT2D eigenvalue weighted by atomic mass is 19.1. The summed E-state index contributed by atoms with van der Waals surface area (Å²) >= 11 is 0. The molecule has 1 aromatic heterocycles. The minimum Gasteiger partial charge on any atom is -0.508 e. The maximum absolute atomic E-state index is 13.5. The van der Waals surface area contributed by atoms with Gasteiger partial charge in [-0.15, -0.1) is 0 Å². The van der Waals surface area contributed by atoms with E-state index < -0.39 is 0 Å². The molecule has 0 spiro atoms. The third kappa shape index (κ3) is 2.32. The van der Waals surface area contributed by atoms with Crippen LogP contribution in [0.15, 0.2) is 48.0 Å². The van der Waals surface area contributed by atoms with E-state index in [0.717, 1.165) is 23.2 Å². The average Bonchev–Trinajstić information content (AvgIpc) is 2.90. The fourth-order valence-corrected chi connectivity index (χ4v) is 3.11. The normalized spacial score (nSPS) is 16.0. The summed E-state index contributed by atoms with van der Waals surface area (Å²) in [6.45, 7) is 0. The lowest BCUT2D eigenvalue weighted by atomic mass is 9.88. The molecule has 1 aliphatic carbocycles. The number of aromatic amines is 1. The third-order valence-electron chi connectivity index (χ3n) is 4.24. The van der Waals surface area contributed by atoms with Crippen LogP contribution in [-0.2, 0) is 6.42 Å². The Kier molecular flexibility index (Phi) is 3.05. The largest absolute Gasteiger partial charge is 0.508 e. The number of nitrogens with one attached hydrogen (secondary N) is 1. The Morgan fingerprint density at radius 2 is 1.87 bits per heavy atom. The van der Waals surface area contributed by atoms with Crippen molar-refractivity contribution in [1.29, 1.82) is 0 Å². The number of allylic oxidation sites excluding steroid dienone is 1. The first-order chi connectivity index (χ1) is 11.1. The number of phenols is 1. The molecule has 0 radical (unpaired) electrons. The maximum atomic E-state index is 13.5. The Morgan fingerprint density at radius 3 is 2.65 bits per heavy atom. The van der Waals surface area contributed by atoms with Crippen molar-refractivity contribution >= 4 is 22.8 Å². The molecule has 4 rings (SSSR count). The fourth-order valence-electron chi connectivity index (χ4n) is 3.11. The predicted molar refractivity (Wildman–Crippen MR) is 87.0 cm³/mol. The second-order valence-corrected chi connectivity index (χ2v) is 5.76. The summed E-state index contributed by atoms with van der Waals surface area (Å²) in [5.74, 6) is -0.213. The highest BCUT2D eigenvalue weighted by molar-refractivity contribution is 6.19. The first-order valence-corrected chi connectivity index (χ1v) is 7.46. The van der Waals surface area contributed by atoms with Crippen LogP contribution in [0.4, 0.5) is 4.39 Å². The van der Waals surface area contributed by atoms with E-state index in [1.165, 1.54) is 12.1 Å². The van der Waals surface area contributed by atoms with E-state index in [2.05, 4.69) is 4.98 Å². The van der Waals surface area contributed by atoms with Gasteiger partial charge in [-0.1, -0.05) is 12.1 Å². The Hall–Kier alpha value is -2.88. The number of rotatable bonds is 1. The Labute approximate surface area is 132 Å². The molecular weight excluding hydrogens is 293 g/mol. The van der Waals surface area contributed by atoms with Crippen LogP contribution in [0.2, 0.25) is 0 Å². The molecular formula is C19H14FNO2. The van der Waals surface area contributed by atoms with Gasteiger partial charge in [0.1, 0.15) is 11.6 Å². The molecule has 4 heteroatoms. The van der Waals surface area contributed by atoms with Crippen molar-refractivity contribution in [2.75, 3.05) is 0 Å². The molecule has 0 fully saturated rings. The molecule has 1 aliphatic rings. The molecule has 114 valence electrons. The molecule has 0 aliphatic heterocycles. The van der Waals surface area contributed by atoms with Crippen LogP contribution in [0.1, 0.15) is 28.0 Å². The van der Waals surface area contributed by atoms with Gasteiger partial charge in [0.2, 0.25) is 0 Å². The van der Waals surface area contributed by atoms with Gasteiger partial charge in [-0.2, -0.15) is 0 Å². The number of hydrogen-bond donors (Lipinski definition) is 2. The topological polar surface area (TPSA) is 53.1 Å². The quantitative estimate of drug-likeness (QED) is 0.661. The lowest BCUT2D eigenvalue weighted by Gasteiger charge is -2.14. The van der Waals surface area contributed by atoms with Gasteiger partial charge in [-0.25, -0.2) is 4.39 Å². The number of phenolic OH excluding ortho intramolecular Hbond substituents is 1. The number of ketones is 1. The third-order valence-corrected chi connectivity index (χ3v) is 4.24. The molecule has 0 atom stereocenters. The first-order valence-electron chi connectivity index (χ1n) is 7.46. The van der Waals surface area contributed by atoms with E-state index in [-0.39, 0.29) is 17.3 Å². The zero-order valence-corrected chi connectivity index (χ0v) is 12.3. The summed E-state index contributed by atoms with van der Waals surface area (Å²) in [5.41, 5.74) is 3.80. The predicted octanol–water partition coefficient (Wildman–Crippen LogP) is 4.23. The van der Waals surface area contributed by atoms with E-state index in [1.807, 2.05) is 6.08 Å². The van der Waals surface area contributed by atoms with Gasteiger partial charge in [0.15, 0.2) is 5.78 Å². The van der Waals surface area contributed by atoms with Crippen molar-refractivity contribution in [1.82, 2.24) is 4.98 Å². The zero-order valence-electron chi connectivity index (χ0n) is 12.3. The minimum absolute atomic E-state index is 0.0591. The van der Waals surface area contributed by atoms with Crippen LogP contribution in [0.5, 0.6) is 5.75 Å². The van der Waals surface area contributed by atoms with Crippen LogP contribution >= 0.6 is 0 Å². The Bertz CT molecular complexity index is 951. The molecule has 0 bridgehead atoms. The second-order valence-electron chi connectivity index (χ2n) is 5.76. The highest BCUT2D eigenvalue weighted by Crippen LogP contribution is 2.32. The standard InChI is InChI=1S/C19H14FNO2/c20-13-4-8-16-15(10-13)18-17(21-16)7-3-12(19(18)23)9-11-1-5-14(22)6-2-11/h1-2,4-6,8-10,21-22H,3,7H2/b12-9-. The number of aryl methyl sites for hydroxylation is 1. The van der Waals surface area contributed by atoms with Crippen LogP contribution in [0.25, 0.3) is 17.0 Å². The van der Waals surface area contributed by atoms with E-state index in [0.29, 0.717) is 22.9 Å². The highest BCUT2D eigenvalue weighted by Gasteiger charge is 2.26. The van der Waals surface area contributed by atoms with Crippen molar-refractivity contribution in [2.45, 2.75) is 12.8 Å². The number of Topliss-reactive ketones (excluding diaryl/α,β-unsaturated/α-hetero) is 1. The maximum Gasteiger partial charge on any atom is 0.191 e. The number of benzene rings is 2. The number of fused-ring (bicyclic) bond motifs is 3. The summed E-state index contributed by atoms with van der Waals surface area (Å²) in [4.78, 5) is 16.0. The second kappa shape index (κ2) is 5.09. The molecule has 0 unspecified atom stereocenters. The molecule has 0 saturated carbocycles. The number of halogens is 1. The van der Waals surface area contributed by atoms with Gasteiger partial charge < -0.3 is 10.1 Å². The van der Waals surface area contributed by atoms with Crippen molar-refractivity contribution < 1.29 is 14.3 Å². The monoisotopic (exact) mass is 307 g/mol. The number of carbonyl (C=O) groups is 1. The number of H-pyrrole nitrogens is 1. The molecule has 23 heavy (non-hydrogen) atoms. The summed E-state index contributed by atoms with van der Waals surface area (Å²) in [6, 6.07) is 11.2. The number of aromatic hydroxyl groups is 1. The first kappa shape index (κ1) is 13.8. The summed E-state index contributed by atoms with van der Waals surface area (Å²) < 4.78 is 13.5. The van der Waals surface area contributed by atoms with Crippen molar-refractivity contribution in [3.63, 3.8) is 0 Å². The molecule has 0 amide bonds. The molecule has 2 N–H and O–H groups in total. The van der Waals surface area contributed by atoms with Crippen LogP contribution in [-0.4, -0.2) is 15.9 Å². The van der Waals surface area contributed by atoms with Crippen LogP contribution in [0.3, 0.4) is 0 Å². The lowest BCUT2D eigenvalue weighted by Crippen LogP contribution is -2.13. The zero-order chi connectivity index (χ0) is 16.0. The minimum atomic E-state index is -0.346. The van der Waals surface area contributed by atoms with Gasteiger partial charge in [-0.05, 0) is 54.8 Å².